The number of benzene rings is 1. The van der Waals surface area contributed by atoms with E-state index in [1.807, 2.05) is 12.4 Å². The van der Waals surface area contributed by atoms with Gasteiger partial charge in [0.15, 0.2) is 13.2 Å². The second kappa shape index (κ2) is 6.83. The smallest absolute Gasteiger partial charge is 0.332 e. The topological polar surface area (TPSA) is 84.9 Å². The zero-order valence-corrected chi connectivity index (χ0v) is 10.4. The molecule has 0 bridgehead atoms. The number of hydrogen-bond acceptors (Lipinski definition) is 4. The van der Waals surface area contributed by atoms with Gasteiger partial charge in [0, 0.05) is 5.02 Å². The van der Waals surface area contributed by atoms with Crippen LogP contribution in [0, 0.1) is 6.92 Å². The van der Waals surface area contributed by atoms with E-state index in [9.17, 15) is 9.59 Å². The third kappa shape index (κ3) is 5.03. The van der Waals surface area contributed by atoms with E-state index in [1.165, 1.54) is 0 Å². The highest BCUT2D eigenvalue weighted by Crippen LogP contribution is 2.20. The third-order valence-corrected chi connectivity index (χ3v) is 2.31. The summed E-state index contributed by atoms with van der Waals surface area (Å²) in [5, 5.41) is 8.88. The van der Waals surface area contributed by atoms with E-state index in [0.717, 1.165) is 5.56 Å². The molecule has 1 aromatic carbocycles. The lowest BCUT2D eigenvalue weighted by molar-refractivity contribution is -0.149. The number of carbonyl (C=O) groups excluding carboxylic acids is 1. The van der Waals surface area contributed by atoms with Crippen LogP contribution in [0.3, 0.4) is 0 Å². The van der Waals surface area contributed by atoms with Crippen LogP contribution in [0.1, 0.15) is 5.56 Å². The van der Waals surface area contributed by atoms with Crippen LogP contribution >= 0.6 is 11.6 Å². The molecule has 0 aliphatic heterocycles. The van der Waals surface area contributed by atoms with Crippen LogP contribution in [0.5, 0.6) is 5.75 Å². The number of hydroxylamine groups is 1. The summed E-state index contributed by atoms with van der Waals surface area (Å²) in [7, 11) is 0. The maximum Gasteiger partial charge on any atom is 0.332 e. The Labute approximate surface area is 108 Å². The average Bonchev–Trinajstić information content (AvgIpc) is 2.30. The number of aryl methyl sites for hydroxylation is 1. The highest BCUT2D eigenvalue weighted by atomic mass is 35.5. The van der Waals surface area contributed by atoms with Gasteiger partial charge in [0.05, 0.1) is 0 Å². The molecule has 0 radical (unpaired) electrons. The lowest BCUT2D eigenvalue weighted by Crippen LogP contribution is -2.30. The molecule has 1 aromatic rings. The Balaban J connectivity index is 2.33. The van der Waals surface area contributed by atoms with Gasteiger partial charge < -0.3 is 9.84 Å². The fraction of sp³-hybridized carbons (Fsp3) is 0.273. The van der Waals surface area contributed by atoms with Gasteiger partial charge in [0.2, 0.25) is 0 Å². The summed E-state index contributed by atoms with van der Waals surface area (Å²) in [5.41, 5.74) is 2.77. The summed E-state index contributed by atoms with van der Waals surface area (Å²) in [6.07, 6.45) is 0. The van der Waals surface area contributed by atoms with Crippen molar-refractivity contribution in [1.29, 1.82) is 0 Å². The Hall–Kier alpha value is -1.79. The lowest BCUT2D eigenvalue weighted by atomic mass is 10.2. The van der Waals surface area contributed by atoms with Crippen LogP contribution in [0.15, 0.2) is 18.2 Å². The van der Waals surface area contributed by atoms with Gasteiger partial charge in [-0.05, 0) is 30.7 Å². The average molecular weight is 274 g/mol. The van der Waals surface area contributed by atoms with Gasteiger partial charge >= 0.3 is 5.97 Å². The Bertz CT molecular complexity index is 449. The Morgan fingerprint density at radius 3 is 2.72 bits per heavy atom. The minimum absolute atomic E-state index is 0.277. The molecule has 0 unspecified atom stereocenters. The number of amides is 1. The molecule has 18 heavy (non-hydrogen) atoms. The standard InChI is InChI=1S/C11H12ClNO5/c1-7-4-8(2-3-9(7)12)17-5-10(14)13-18-6-11(15)16/h2-4H,5-6H2,1H3,(H,13,14)(H,15,16). The third-order valence-electron chi connectivity index (χ3n) is 1.88. The number of ether oxygens (including phenoxy) is 1. The maximum atomic E-state index is 11.2. The largest absolute Gasteiger partial charge is 0.484 e. The molecule has 7 heteroatoms. The summed E-state index contributed by atoms with van der Waals surface area (Å²) < 4.78 is 5.16. The molecule has 0 saturated heterocycles. The van der Waals surface area contributed by atoms with Gasteiger partial charge in [0.1, 0.15) is 5.75 Å². The Kier molecular flexibility index (Phi) is 5.41. The molecule has 0 saturated carbocycles. The normalized spacial score (nSPS) is 9.89. The first kappa shape index (κ1) is 14.3. The molecule has 1 amide bonds. The fourth-order valence-corrected chi connectivity index (χ4v) is 1.18. The Morgan fingerprint density at radius 2 is 2.11 bits per heavy atom. The molecule has 0 atom stereocenters. The lowest BCUT2D eigenvalue weighted by Gasteiger charge is -2.07. The number of nitrogens with one attached hydrogen (secondary N) is 1. The van der Waals surface area contributed by atoms with Crippen molar-refractivity contribution < 1.29 is 24.3 Å². The van der Waals surface area contributed by atoms with Crippen molar-refractivity contribution in [2.45, 2.75) is 6.92 Å². The van der Waals surface area contributed by atoms with E-state index in [2.05, 4.69) is 4.84 Å². The first-order valence-corrected chi connectivity index (χ1v) is 5.38. The van der Waals surface area contributed by atoms with Crippen LogP contribution in [0.4, 0.5) is 0 Å². The number of carbonyl (C=O) groups is 2. The number of rotatable bonds is 6. The summed E-state index contributed by atoms with van der Waals surface area (Å²) in [6.45, 7) is 0.928. The summed E-state index contributed by atoms with van der Waals surface area (Å²) in [5.74, 6) is -1.27. The van der Waals surface area contributed by atoms with E-state index in [1.54, 1.807) is 18.2 Å². The summed E-state index contributed by atoms with van der Waals surface area (Å²) >= 11 is 5.83. The predicted octanol–water partition coefficient (Wildman–Crippen LogP) is 1.16. The molecule has 6 nitrogen and oxygen atoms in total. The zero-order chi connectivity index (χ0) is 13.5. The molecule has 2 N–H and O–H groups in total. The van der Waals surface area contributed by atoms with Crippen molar-refractivity contribution >= 4 is 23.5 Å². The van der Waals surface area contributed by atoms with Crippen LogP contribution in [-0.4, -0.2) is 30.2 Å². The van der Waals surface area contributed by atoms with E-state index in [4.69, 9.17) is 21.4 Å². The van der Waals surface area contributed by atoms with Gasteiger partial charge in [-0.2, -0.15) is 0 Å². The van der Waals surface area contributed by atoms with Gasteiger partial charge in [-0.15, -0.1) is 0 Å². The number of carboxylic acids is 1. The number of carboxylic acid groups (broad SMARTS) is 1. The highest BCUT2D eigenvalue weighted by Gasteiger charge is 2.05. The molecule has 0 heterocycles. The van der Waals surface area contributed by atoms with Crippen molar-refractivity contribution in [2.24, 2.45) is 0 Å². The molecule has 0 aliphatic carbocycles. The Morgan fingerprint density at radius 1 is 1.39 bits per heavy atom. The SMILES string of the molecule is Cc1cc(OCC(=O)NOCC(=O)O)ccc1Cl. The summed E-state index contributed by atoms with van der Waals surface area (Å²) in [4.78, 5) is 25.7. The van der Waals surface area contributed by atoms with Crippen molar-refractivity contribution in [2.75, 3.05) is 13.2 Å². The van der Waals surface area contributed by atoms with Crippen molar-refractivity contribution in [3.05, 3.63) is 28.8 Å². The predicted molar refractivity (Wildman–Crippen MR) is 63.4 cm³/mol. The molecular formula is C11H12ClNO5. The van der Waals surface area contributed by atoms with Crippen LogP contribution in [-0.2, 0) is 14.4 Å². The molecule has 98 valence electrons. The molecule has 0 spiro atoms. The van der Waals surface area contributed by atoms with E-state index < -0.39 is 18.5 Å². The summed E-state index contributed by atoms with van der Waals surface area (Å²) in [6, 6.07) is 4.97. The van der Waals surface area contributed by atoms with E-state index >= 15 is 0 Å². The van der Waals surface area contributed by atoms with Gasteiger partial charge in [-0.25, -0.2) is 10.3 Å². The van der Waals surface area contributed by atoms with Crippen LogP contribution < -0.4 is 10.2 Å². The van der Waals surface area contributed by atoms with Gasteiger partial charge in [-0.1, -0.05) is 11.6 Å². The first-order chi connectivity index (χ1) is 8.49. The van der Waals surface area contributed by atoms with E-state index in [-0.39, 0.29) is 6.61 Å². The monoisotopic (exact) mass is 273 g/mol. The maximum absolute atomic E-state index is 11.2. The molecule has 0 aromatic heterocycles. The molecule has 1 rings (SSSR count). The second-order valence-corrected chi connectivity index (χ2v) is 3.81. The minimum Gasteiger partial charge on any atom is -0.484 e. The minimum atomic E-state index is -1.18. The van der Waals surface area contributed by atoms with Crippen molar-refractivity contribution in [3.8, 4) is 5.75 Å². The molecule has 0 fully saturated rings. The van der Waals surface area contributed by atoms with Crippen molar-refractivity contribution in [1.82, 2.24) is 5.48 Å². The fourth-order valence-electron chi connectivity index (χ4n) is 1.06. The van der Waals surface area contributed by atoms with Crippen LogP contribution in [0.2, 0.25) is 5.02 Å². The van der Waals surface area contributed by atoms with Gasteiger partial charge in [-0.3, -0.25) is 9.63 Å². The zero-order valence-electron chi connectivity index (χ0n) is 9.60. The van der Waals surface area contributed by atoms with E-state index in [0.29, 0.717) is 10.8 Å². The van der Waals surface area contributed by atoms with Crippen LogP contribution in [0.25, 0.3) is 0 Å². The molecular weight excluding hydrogens is 262 g/mol. The van der Waals surface area contributed by atoms with Gasteiger partial charge in [0.25, 0.3) is 5.91 Å². The number of aliphatic carboxylic acids is 1. The van der Waals surface area contributed by atoms with Crippen molar-refractivity contribution in [3.63, 3.8) is 0 Å². The molecule has 0 aliphatic rings. The quantitative estimate of drug-likeness (QED) is 0.760. The second-order valence-electron chi connectivity index (χ2n) is 3.41. The highest BCUT2D eigenvalue weighted by molar-refractivity contribution is 6.31. The number of halogens is 1. The number of hydrogen-bond donors (Lipinski definition) is 2. The first-order valence-electron chi connectivity index (χ1n) is 5.00.